The lowest BCUT2D eigenvalue weighted by molar-refractivity contribution is -0.143. The minimum Gasteiger partial charge on any atom is -0.452 e. The van der Waals surface area contributed by atoms with Gasteiger partial charge < -0.3 is 10.1 Å². The van der Waals surface area contributed by atoms with Crippen molar-refractivity contribution in [2.24, 2.45) is 0 Å². The third-order valence-electron chi connectivity index (χ3n) is 2.89. The first kappa shape index (κ1) is 18.9. The van der Waals surface area contributed by atoms with E-state index in [-0.39, 0.29) is 6.04 Å². The molecule has 0 aromatic heterocycles. The SMILES string of the molecule is CC[C@H](C)NC(=O)NC(=O)COC(=O)/C=C/c1ccccc1Br. The summed E-state index contributed by atoms with van der Waals surface area (Å²) >= 11 is 3.35. The van der Waals surface area contributed by atoms with E-state index >= 15 is 0 Å². The van der Waals surface area contributed by atoms with Gasteiger partial charge in [-0.15, -0.1) is 0 Å². The topological polar surface area (TPSA) is 84.5 Å². The van der Waals surface area contributed by atoms with Gasteiger partial charge in [-0.3, -0.25) is 10.1 Å². The van der Waals surface area contributed by atoms with Gasteiger partial charge in [0.15, 0.2) is 6.61 Å². The maximum Gasteiger partial charge on any atom is 0.331 e. The summed E-state index contributed by atoms with van der Waals surface area (Å²) in [6.45, 7) is 3.20. The normalized spacial score (nSPS) is 11.8. The molecule has 0 fully saturated rings. The summed E-state index contributed by atoms with van der Waals surface area (Å²) in [7, 11) is 0. The molecule has 0 bridgehead atoms. The first-order valence-corrected chi connectivity index (χ1v) is 7.91. The number of halogens is 1. The summed E-state index contributed by atoms with van der Waals surface area (Å²) in [6, 6.07) is 6.70. The number of rotatable bonds is 6. The number of urea groups is 1. The molecule has 0 heterocycles. The van der Waals surface area contributed by atoms with Crippen LogP contribution < -0.4 is 10.6 Å². The van der Waals surface area contributed by atoms with Crippen LogP contribution >= 0.6 is 15.9 Å². The highest BCUT2D eigenvalue weighted by atomic mass is 79.9. The van der Waals surface area contributed by atoms with Crippen LogP contribution in [-0.2, 0) is 14.3 Å². The van der Waals surface area contributed by atoms with E-state index in [2.05, 4.69) is 26.6 Å². The fourth-order valence-electron chi connectivity index (χ4n) is 1.48. The maximum absolute atomic E-state index is 11.5. The predicted molar refractivity (Wildman–Crippen MR) is 90.6 cm³/mol. The van der Waals surface area contributed by atoms with Gasteiger partial charge in [0, 0.05) is 16.6 Å². The van der Waals surface area contributed by atoms with Gasteiger partial charge in [-0.05, 0) is 31.1 Å². The fraction of sp³-hybridized carbons (Fsp3) is 0.312. The molecule has 6 nitrogen and oxygen atoms in total. The zero-order chi connectivity index (χ0) is 17.2. The molecule has 0 saturated carbocycles. The van der Waals surface area contributed by atoms with E-state index < -0.39 is 24.5 Å². The number of nitrogens with one attached hydrogen (secondary N) is 2. The third-order valence-corrected chi connectivity index (χ3v) is 3.61. The molecule has 7 heteroatoms. The van der Waals surface area contributed by atoms with Crippen LogP contribution in [0.15, 0.2) is 34.8 Å². The quantitative estimate of drug-likeness (QED) is 0.584. The molecule has 23 heavy (non-hydrogen) atoms. The molecular weight excluding hydrogens is 364 g/mol. The molecule has 0 saturated heterocycles. The number of esters is 1. The van der Waals surface area contributed by atoms with E-state index in [0.717, 1.165) is 16.5 Å². The number of amides is 3. The number of carbonyl (C=O) groups is 3. The maximum atomic E-state index is 11.5. The molecule has 1 aromatic rings. The molecule has 0 aliphatic carbocycles. The lowest BCUT2D eigenvalue weighted by Crippen LogP contribution is -2.44. The monoisotopic (exact) mass is 382 g/mol. The Labute approximate surface area is 143 Å². The Kier molecular flexibility index (Phi) is 8.04. The Morgan fingerprint density at radius 3 is 2.65 bits per heavy atom. The van der Waals surface area contributed by atoms with Crippen LogP contribution in [-0.4, -0.2) is 30.6 Å². The third kappa shape index (κ3) is 7.60. The molecule has 0 unspecified atom stereocenters. The molecular formula is C16H19BrN2O4. The molecule has 3 amide bonds. The van der Waals surface area contributed by atoms with Crippen molar-refractivity contribution in [3.05, 3.63) is 40.4 Å². The van der Waals surface area contributed by atoms with E-state index in [1.54, 1.807) is 6.08 Å². The first-order chi connectivity index (χ1) is 10.9. The van der Waals surface area contributed by atoms with Crippen molar-refractivity contribution in [2.45, 2.75) is 26.3 Å². The highest BCUT2D eigenvalue weighted by Gasteiger charge is 2.11. The van der Waals surface area contributed by atoms with Gasteiger partial charge in [0.25, 0.3) is 5.91 Å². The summed E-state index contributed by atoms with van der Waals surface area (Å²) in [5.41, 5.74) is 0.807. The summed E-state index contributed by atoms with van der Waals surface area (Å²) in [5.74, 6) is -1.35. The van der Waals surface area contributed by atoms with Gasteiger partial charge in [0.1, 0.15) is 0 Å². The highest BCUT2D eigenvalue weighted by molar-refractivity contribution is 9.10. The van der Waals surface area contributed by atoms with Crippen molar-refractivity contribution in [3.63, 3.8) is 0 Å². The molecule has 1 aromatic carbocycles. The van der Waals surface area contributed by atoms with Crippen molar-refractivity contribution in [1.29, 1.82) is 0 Å². The first-order valence-electron chi connectivity index (χ1n) is 7.12. The molecule has 1 rings (SSSR count). The second-order valence-corrected chi connectivity index (χ2v) is 5.65. The number of benzene rings is 1. The van der Waals surface area contributed by atoms with Crippen LogP contribution in [0.5, 0.6) is 0 Å². The number of carbonyl (C=O) groups excluding carboxylic acids is 3. The van der Waals surface area contributed by atoms with Gasteiger partial charge in [-0.2, -0.15) is 0 Å². The van der Waals surface area contributed by atoms with Crippen LogP contribution in [0.2, 0.25) is 0 Å². The predicted octanol–water partition coefficient (Wildman–Crippen LogP) is 2.63. The second kappa shape index (κ2) is 9.78. The van der Waals surface area contributed by atoms with Crippen LogP contribution in [0.3, 0.4) is 0 Å². The van der Waals surface area contributed by atoms with E-state index in [1.807, 2.05) is 38.1 Å². The van der Waals surface area contributed by atoms with Gasteiger partial charge in [-0.1, -0.05) is 41.1 Å². The van der Waals surface area contributed by atoms with E-state index in [9.17, 15) is 14.4 Å². The van der Waals surface area contributed by atoms with Crippen LogP contribution in [0.4, 0.5) is 4.79 Å². The standard InChI is InChI=1S/C16H19BrN2O4/c1-3-11(2)18-16(22)19-14(20)10-23-15(21)9-8-12-6-4-5-7-13(12)17/h4-9,11H,3,10H2,1-2H3,(H2,18,19,20,22)/b9-8+/t11-/m0/s1. The second-order valence-electron chi connectivity index (χ2n) is 4.79. The number of hydrogen-bond acceptors (Lipinski definition) is 4. The van der Waals surface area contributed by atoms with E-state index in [0.29, 0.717) is 0 Å². The fourth-order valence-corrected chi connectivity index (χ4v) is 1.89. The van der Waals surface area contributed by atoms with E-state index in [4.69, 9.17) is 4.74 Å². The molecule has 0 aliphatic rings. The number of hydrogen-bond donors (Lipinski definition) is 2. The summed E-state index contributed by atoms with van der Waals surface area (Å²) < 4.78 is 5.60. The zero-order valence-corrected chi connectivity index (χ0v) is 14.6. The van der Waals surface area contributed by atoms with Crippen molar-refractivity contribution in [1.82, 2.24) is 10.6 Å². The highest BCUT2D eigenvalue weighted by Crippen LogP contribution is 2.16. The zero-order valence-electron chi connectivity index (χ0n) is 13.0. The van der Waals surface area contributed by atoms with Gasteiger partial charge in [0.2, 0.25) is 0 Å². The minimum atomic E-state index is -0.687. The Balaban J connectivity index is 2.37. The molecule has 0 aliphatic heterocycles. The lowest BCUT2D eigenvalue weighted by Gasteiger charge is -2.11. The number of imide groups is 1. The number of ether oxygens (including phenoxy) is 1. The Morgan fingerprint density at radius 1 is 1.30 bits per heavy atom. The summed E-state index contributed by atoms with van der Waals surface area (Å²) in [5, 5.41) is 4.66. The van der Waals surface area contributed by atoms with Crippen molar-refractivity contribution < 1.29 is 19.1 Å². The lowest BCUT2D eigenvalue weighted by atomic mass is 10.2. The average Bonchev–Trinajstić information content (AvgIpc) is 2.51. The largest absolute Gasteiger partial charge is 0.452 e. The van der Waals surface area contributed by atoms with Crippen molar-refractivity contribution >= 4 is 39.9 Å². The molecule has 0 spiro atoms. The van der Waals surface area contributed by atoms with Gasteiger partial charge >= 0.3 is 12.0 Å². The average molecular weight is 383 g/mol. The van der Waals surface area contributed by atoms with E-state index in [1.165, 1.54) is 6.08 Å². The van der Waals surface area contributed by atoms with Gasteiger partial charge in [-0.25, -0.2) is 9.59 Å². The Bertz CT molecular complexity index is 601. The molecule has 0 radical (unpaired) electrons. The van der Waals surface area contributed by atoms with Crippen molar-refractivity contribution in [2.75, 3.05) is 6.61 Å². The molecule has 124 valence electrons. The molecule has 1 atom stereocenters. The molecule has 2 N–H and O–H groups in total. The van der Waals surface area contributed by atoms with Crippen LogP contribution in [0.25, 0.3) is 6.08 Å². The minimum absolute atomic E-state index is 0.0439. The summed E-state index contributed by atoms with van der Waals surface area (Å²) in [6.07, 6.45) is 3.53. The van der Waals surface area contributed by atoms with Crippen molar-refractivity contribution in [3.8, 4) is 0 Å². The smallest absolute Gasteiger partial charge is 0.331 e. The summed E-state index contributed by atoms with van der Waals surface area (Å²) in [4.78, 5) is 34.4. The Morgan fingerprint density at radius 2 is 2.00 bits per heavy atom. The van der Waals surface area contributed by atoms with Crippen LogP contribution in [0, 0.1) is 0 Å². The Hall–Kier alpha value is -2.15. The van der Waals surface area contributed by atoms with Crippen LogP contribution in [0.1, 0.15) is 25.8 Å². The van der Waals surface area contributed by atoms with Gasteiger partial charge in [0.05, 0.1) is 0 Å².